The van der Waals surface area contributed by atoms with E-state index in [1.807, 2.05) is 20.8 Å². The van der Waals surface area contributed by atoms with Crippen LogP contribution >= 0.6 is 11.3 Å². The number of carbonyl (C=O) groups is 1. The lowest BCUT2D eigenvalue weighted by Crippen LogP contribution is -2.31. The Morgan fingerprint density at radius 3 is 2.84 bits per heavy atom. The molecule has 2 rings (SSSR count). The Morgan fingerprint density at radius 2 is 2.26 bits per heavy atom. The Kier molecular flexibility index (Phi) is 4.54. The maximum Gasteiger partial charge on any atom is 0.228 e. The van der Waals surface area contributed by atoms with Crippen LogP contribution in [0.4, 0.5) is 0 Å². The lowest BCUT2D eigenvalue weighted by Gasteiger charge is -2.15. The molecule has 1 N–H and O–H groups in total. The van der Waals surface area contributed by atoms with Crippen molar-refractivity contribution in [1.82, 2.24) is 9.88 Å². The fourth-order valence-electron chi connectivity index (χ4n) is 2.33. The number of rotatable bonds is 4. The molecule has 1 saturated heterocycles. The third-order valence-electron chi connectivity index (χ3n) is 3.29. The van der Waals surface area contributed by atoms with Crippen molar-refractivity contribution >= 4 is 17.2 Å². The van der Waals surface area contributed by atoms with Crippen LogP contribution in [-0.4, -0.2) is 52.8 Å². The van der Waals surface area contributed by atoms with Crippen LogP contribution in [0.15, 0.2) is 0 Å². The summed E-state index contributed by atoms with van der Waals surface area (Å²) in [6, 6.07) is 0. The van der Waals surface area contributed by atoms with Crippen molar-refractivity contribution < 1.29 is 14.6 Å². The first-order valence-corrected chi connectivity index (χ1v) is 7.33. The summed E-state index contributed by atoms with van der Waals surface area (Å²) in [6.07, 6.45) is -0.531. The molecular formula is C13H20N2O3S. The van der Waals surface area contributed by atoms with Crippen molar-refractivity contribution in [3.05, 3.63) is 15.6 Å². The van der Waals surface area contributed by atoms with Gasteiger partial charge in [0.2, 0.25) is 5.91 Å². The summed E-state index contributed by atoms with van der Waals surface area (Å²) in [7, 11) is 0. The number of carbonyl (C=O) groups excluding carboxylic acids is 1. The lowest BCUT2D eigenvalue weighted by atomic mass is 10.2. The third-order valence-corrected chi connectivity index (χ3v) is 4.22. The van der Waals surface area contributed by atoms with Crippen molar-refractivity contribution in [2.75, 3.05) is 19.7 Å². The third kappa shape index (κ3) is 3.32. The highest BCUT2D eigenvalue weighted by Crippen LogP contribution is 2.19. The summed E-state index contributed by atoms with van der Waals surface area (Å²) in [5, 5.41) is 10.8. The molecule has 6 heteroatoms. The van der Waals surface area contributed by atoms with Gasteiger partial charge in [0.1, 0.15) is 6.10 Å². The molecule has 0 spiro atoms. The largest absolute Gasteiger partial charge is 0.388 e. The average Bonchev–Trinajstić information content (AvgIpc) is 2.84. The number of hydrogen-bond donors (Lipinski definition) is 1. The standard InChI is InChI=1S/C13H20N2O3S/c1-4-18-12-7-15(6-11(12)16)13(17)5-10-8(2)19-9(3)14-10/h11-12,16H,4-7H2,1-3H3/t11-,12-/m0/s1. The summed E-state index contributed by atoms with van der Waals surface area (Å²) in [5.41, 5.74) is 0.849. The van der Waals surface area contributed by atoms with Gasteiger partial charge in [-0.25, -0.2) is 4.98 Å². The Balaban J connectivity index is 1.96. The zero-order chi connectivity index (χ0) is 14.0. The Hall–Kier alpha value is -0.980. The number of aliphatic hydroxyl groups excluding tert-OH is 1. The van der Waals surface area contributed by atoms with E-state index in [-0.39, 0.29) is 12.0 Å². The molecule has 2 heterocycles. The minimum Gasteiger partial charge on any atom is -0.388 e. The molecule has 19 heavy (non-hydrogen) atoms. The fraction of sp³-hybridized carbons (Fsp3) is 0.692. The van der Waals surface area contributed by atoms with Crippen LogP contribution in [0.25, 0.3) is 0 Å². The number of aliphatic hydroxyl groups is 1. The van der Waals surface area contributed by atoms with E-state index in [4.69, 9.17) is 4.74 Å². The van der Waals surface area contributed by atoms with Gasteiger partial charge in [0, 0.05) is 24.6 Å². The van der Waals surface area contributed by atoms with Gasteiger partial charge in [-0.05, 0) is 20.8 Å². The number of ether oxygens (including phenoxy) is 1. The van der Waals surface area contributed by atoms with Gasteiger partial charge in [0.25, 0.3) is 0 Å². The highest BCUT2D eigenvalue weighted by molar-refractivity contribution is 7.11. The van der Waals surface area contributed by atoms with Crippen molar-refractivity contribution in [3.8, 4) is 0 Å². The second kappa shape index (κ2) is 5.98. The number of β-amino-alcohol motifs (C(OH)–C–C–N with tert-alkyl or cyclic N) is 1. The molecule has 1 fully saturated rings. The molecule has 0 aromatic carbocycles. The van der Waals surface area contributed by atoms with E-state index in [9.17, 15) is 9.90 Å². The normalized spacial score (nSPS) is 23.1. The molecule has 1 aromatic heterocycles. The van der Waals surface area contributed by atoms with E-state index in [0.717, 1.165) is 15.6 Å². The van der Waals surface area contributed by atoms with Gasteiger partial charge in [-0.3, -0.25) is 4.79 Å². The molecular weight excluding hydrogens is 264 g/mol. The predicted molar refractivity (Wildman–Crippen MR) is 73.3 cm³/mol. The van der Waals surface area contributed by atoms with Crippen LogP contribution < -0.4 is 0 Å². The number of hydrogen-bond acceptors (Lipinski definition) is 5. The molecule has 1 aliphatic heterocycles. The first-order chi connectivity index (χ1) is 9.01. The van der Waals surface area contributed by atoms with Gasteiger partial charge >= 0.3 is 0 Å². The molecule has 0 saturated carbocycles. The quantitative estimate of drug-likeness (QED) is 0.893. The Morgan fingerprint density at radius 1 is 1.53 bits per heavy atom. The van der Waals surface area contributed by atoms with Crippen LogP contribution in [0.2, 0.25) is 0 Å². The number of nitrogens with zero attached hydrogens (tertiary/aromatic N) is 2. The highest BCUT2D eigenvalue weighted by Gasteiger charge is 2.34. The topological polar surface area (TPSA) is 62.7 Å². The van der Waals surface area contributed by atoms with Gasteiger partial charge in [-0.2, -0.15) is 0 Å². The minimum absolute atomic E-state index is 0.00894. The van der Waals surface area contributed by atoms with Crippen molar-refractivity contribution in [2.24, 2.45) is 0 Å². The Bertz CT molecular complexity index is 461. The van der Waals surface area contributed by atoms with E-state index < -0.39 is 6.10 Å². The van der Waals surface area contributed by atoms with E-state index in [2.05, 4.69) is 4.98 Å². The smallest absolute Gasteiger partial charge is 0.228 e. The van der Waals surface area contributed by atoms with Crippen LogP contribution in [0, 0.1) is 13.8 Å². The molecule has 5 nitrogen and oxygen atoms in total. The monoisotopic (exact) mass is 284 g/mol. The summed E-state index contributed by atoms with van der Waals surface area (Å²) in [4.78, 5) is 19.3. The predicted octanol–water partition coefficient (Wildman–Crippen LogP) is 0.911. The molecule has 106 valence electrons. The maximum absolute atomic E-state index is 12.2. The van der Waals surface area contributed by atoms with Crippen LogP contribution in [0.1, 0.15) is 22.5 Å². The van der Waals surface area contributed by atoms with Gasteiger partial charge in [0.15, 0.2) is 0 Å². The molecule has 0 bridgehead atoms. The molecule has 0 unspecified atom stereocenters. The maximum atomic E-state index is 12.2. The van der Waals surface area contributed by atoms with Gasteiger partial charge in [0.05, 0.1) is 23.2 Å². The summed E-state index contributed by atoms with van der Waals surface area (Å²) >= 11 is 1.61. The summed E-state index contributed by atoms with van der Waals surface area (Å²) in [5.74, 6) is 0.00894. The second-order valence-electron chi connectivity index (χ2n) is 4.77. The van der Waals surface area contributed by atoms with E-state index in [1.54, 1.807) is 16.2 Å². The van der Waals surface area contributed by atoms with Crippen molar-refractivity contribution in [3.63, 3.8) is 0 Å². The first kappa shape index (κ1) is 14.4. The molecule has 1 aromatic rings. The van der Waals surface area contributed by atoms with E-state index in [0.29, 0.717) is 26.1 Å². The number of aromatic nitrogens is 1. The molecule has 0 aliphatic carbocycles. The number of thiazole rings is 1. The molecule has 1 aliphatic rings. The lowest BCUT2D eigenvalue weighted by molar-refractivity contribution is -0.130. The van der Waals surface area contributed by atoms with E-state index in [1.165, 1.54) is 0 Å². The highest BCUT2D eigenvalue weighted by atomic mass is 32.1. The second-order valence-corrected chi connectivity index (χ2v) is 6.18. The average molecular weight is 284 g/mol. The van der Waals surface area contributed by atoms with Gasteiger partial charge in [-0.15, -0.1) is 11.3 Å². The number of aryl methyl sites for hydroxylation is 2. The SMILES string of the molecule is CCO[C@H]1CN(C(=O)Cc2nc(C)sc2C)C[C@@H]1O. The zero-order valence-electron chi connectivity index (χ0n) is 11.5. The fourth-order valence-corrected chi connectivity index (χ4v) is 3.16. The zero-order valence-corrected chi connectivity index (χ0v) is 12.4. The minimum atomic E-state index is -0.581. The molecule has 0 radical (unpaired) electrons. The van der Waals surface area contributed by atoms with Gasteiger partial charge < -0.3 is 14.7 Å². The molecule has 2 atom stereocenters. The van der Waals surface area contributed by atoms with Crippen LogP contribution in [0.3, 0.4) is 0 Å². The molecule has 1 amide bonds. The van der Waals surface area contributed by atoms with Crippen molar-refractivity contribution in [1.29, 1.82) is 0 Å². The van der Waals surface area contributed by atoms with Gasteiger partial charge in [-0.1, -0.05) is 0 Å². The van der Waals surface area contributed by atoms with Crippen LogP contribution in [-0.2, 0) is 16.0 Å². The Labute approximate surface area is 117 Å². The van der Waals surface area contributed by atoms with Crippen molar-refractivity contribution in [2.45, 2.75) is 39.4 Å². The summed E-state index contributed by atoms with van der Waals surface area (Å²) in [6.45, 7) is 7.18. The number of amides is 1. The first-order valence-electron chi connectivity index (χ1n) is 6.51. The van der Waals surface area contributed by atoms with E-state index >= 15 is 0 Å². The van der Waals surface area contributed by atoms with Crippen LogP contribution in [0.5, 0.6) is 0 Å². The summed E-state index contributed by atoms with van der Waals surface area (Å²) < 4.78 is 5.42. The number of likely N-dealkylation sites (tertiary alicyclic amines) is 1.